The van der Waals surface area contributed by atoms with Crippen LogP contribution in [0.4, 0.5) is 11.4 Å². The van der Waals surface area contributed by atoms with Crippen molar-refractivity contribution in [3.8, 4) is 0 Å². The largest absolute Gasteiger partial charge is 0.397 e. The zero-order valence-electron chi connectivity index (χ0n) is 14.7. The first kappa shape index (κ1) is 19.0. The predicted octanol–water partition coefficient (Wildman–Crippen LogP) is 7.30. The summed E-state index contributed by atoms with van der Waals surface area (Å²) in [6.07, 6.45) is 0.832. The van der Waals surface area contributed by atoms with E-state index in [9.17, 15) is 0 Å². The third kappa shape index (κ3) is 4.10. The molecule has 0 spiro atoms. The predicted molar refractivity (Wildman–Crippen MR) is 128 cm³/mol. The van der Waals surface area contributed by atoms with Gasteiger partial charge in [-0.25, -0.2) is 0 Å². The molecule has 0 aliphatic carbocycles. The van der Waals surface area contributed by atoms with Crippen LogP contribution in [0.5, 0.6) is 0 Å². The van der Waals surface area contributed by atoms with E-state index in [0.717, 1.165) is 37.1 Å². The Kier molecular flexibility index (Phi) is 5.62. The summed E-state index contributed by atoms with van der Waals surface area (Å²) in [6, 6.07) is 21.3. The smallest absolute Gasteiger partial charge is 0.0769 e. The molecule has 1 heterocycles. The molecule has 0 radical (unpaired) electrons. The average molecular weight is 549 g/mol. The van der Waals surface area contributed by atoms with Crippen LogP contribution in [0.1, 0.15) is 28.4 Å². The second-order valence-corrected chi connectivity index (χ2v) is 9.92. The van der Waals surface area contributed by atoms with E-state index in [-0.39, 0.29) is 0 Å². The Labute approximate surface area is 185 Å². The molecule has 5 heteroatoms. The van der Waals surface area contributed by atoms with Crippen LogP contribution in [-0.2, 0) is 0 Å². The highest BCUT2D eigenvalue weighted by Gasteiger charge is 2.24. The Hall–Kier alpha value is -1.31. The lowest BCUT2D eigenvalue weighted by Crippen LogP contribution is -2.09. The Balaban J connectivity index is 1.85. The van der Waals surface area contributed by atoms with E-state index in [1.165, 1.54) is 16.0 Å². The van der Waals surface area contributed by atoms with Gasteiger partial charge in [0.15, 0.2) is 0 Å². The number of nitrogens with zero attached hydrogens (tertiary/aromatic N) is 1. The molecular formula is C22H18BrIN2S. The molecule has 0 bridgehead atoms. The van der Waals surface area contributed by atoms with Gasteiger partial charge in [-0.3, -0.25) is 4.99 Å². The van der Waals surface area contributed by atoms with Gasteiger partial charge >= 0.3 is 0 Å². The number of rotatable bonds is 2. The molecule has 0 amide bonds. The summed E-state index contributed by atoms with van der Waals surface area (Å²) in [5, 5.41) is 0.295. The standard InChI is InChI=1S/C22H18BrIN2S/c1-13-6-8-14(9-7-13)21-12-19(16-10-15(23)11-17(24)22(16)25)26-18-4-2-3-5-20(18)27-21/h2-11,21H,12,25H2,1H3. The number of nitrogens with two attached hydrogens (primary N) is 1. The number of fused-ring (bicyclic) bond motifs is 1. The van der Waals surface area contributed by atoms with Crippen LogP contribution in [-0.4, -0.2) is 5.71 Å². The van der Waals surface area contributed by atoms with Crippen LogP contribution in [0.25, 0.3) is 0 Å². The lowest BCUT2D eigenvalue weighted by Gasteiger charge is -2.17. The summed E-state index contributed by atoms with van der Waals surface area (Å²) in [5.41, 5.74) is 12.9. The fraction of sp³-hybridized carbons (Fsp3) is 0.136. The van der Waals surface area contributed by atoms with Crippen molar-refractivity contribution < 1.29 is 0 Å². The maximum absolute atomic E-state index is 6.44. The lowest BCUT2D eigenvalue weighted by molar-refractivity contribution is 1.01. The van der Waals surface area contributed by atoms with E-state index >= 15 is 0 Å². The van der Waals surface area contributed by atoms with Crippen LogP contribution < -0.4 is 5.73 Å². The maximum atomic E-state index is 6.44. The molecule has 0 fully saturated rings. The molecule has 3 aromatic rings. The zero-order valence-corrected chi connectivity index (χ0v) is 19.3. The number of benzene rings is 3. The first-order valence-corrected chi connectivity index (χ1v) is 11.4. The van der Waals surface area contributed by atoms with Gasteiger partial charge in [0.2, 0.25) is 0 Å². The molecule has 2 nitrogen and oxygen atoms in total. The van der Waals surface area contributed by atoms with Crippen LogP contribution in [0.3, 0.4) is 0 Å². The number of nitrogen functional groups attached to an aromatic ring is 1. The number of aliphatic imine (C=N–C) groups is 1. The lowest BCUT2D eigenvalue weighted by atomic mass is 9.99. The normalized spacial score (nSPS) is 16.4. The molecule has 0 saturated heterocycles. The van der Waals surface area contributed by atoms with E-state index in [1.54, 1.807) is 0 Å². The Morgan fingerprint density at radius 2 is 1.85 bits per heavy atom. The van der Waals surface area contributed by atoms with Crippen molar-refractivity contribution in [3.63, 3.8) is 0 Å². The first-order chi connectivity index (χ1) is 13.0. The minimum absolute atomic E-state index is 0.295. The average Bonchev–Trinajstić information content (AvgIpc) is 2.85. The van der Waals surface area contributed by atoms with Gasteiger partial charge in [-0.05, 0) is 59.3 Å². The summed E-state index contributed by atoms with van der Waals surface area (Å²) < 4.78 is 2.06. The SMILES string of the molecule is Cc1ccc(C2CC(c3cc(Br)cc(I)c3N)=Nc3ccccc3S2)cc1. The number of hydrogen-bond acceptors (Lipinski definition) is 3. The molecule has 1 aliphatic heterocycles. The van der Waals surface area contributed by atoms with E-state index in [0.29, 0.717) is 5.25 Å². The molecule has 4 rings (SSSR count). The van der Waals surface area contributed by atoms with E-state index < -0.39 is 0 Å². The second kappa shape index (κ2) is 7.97. The molecule has 1 unspecified atom stereocenters. The van der Waals surface area contributed by atoms with Gasteiger partial charge in [0, 0.05) is 30.2 Å². The Bertz CT molecular complexity index is 1030. The molecule has 27 heavy (non-hydrogen) atoms. The van der Waals surface area contributed by atoms with Crippen molar-refractivity contribution in [1.29, 1.82) is 0 Å². The number of hydrogen-bond donors (Lipinski definition) is 1. The van der Waals surface area contributed by atoms with Crippen LogP contribution in [0.15, 0.2) is 75.0 Å². The van der Waals surface area contributed by atoms with Gasteiger partial charge in [0.05, 0.1) is 17.1 Å². The van der Waals surface area contributed by atoms with Gasteiger partial charge in [0.25, 0.3) is 0 Å². The minimum atomic E-state index is 0.295. The first-order valence-electron chi connectivity index (χ1n) is 8.66. The maximum Gasteiger partial charge on any atom is 0.0769 e. The summed E-state index contributed by atoms with van der Waals surface area (Å²) >= 11 is 7.78. The Morgan fingerprint density at radius 3 is 2.63 bits per heavy atom. The highest BCUT2D eigenvalue weighted by atomic mass is 127. The van der Waals surface area contributed by atoms with Crippen molar-refractivity contribution in [2.24, 2.45) is 4.99 Å². The fourth-order valence-corrected chi connectivity index (χ4v) is 5.92. The highest BCUT2D eigenvalue weighted by Crippen LogP contribution is 2.46. The number of thioether (sulfide) groups is 1. The number of para-hydroxylation sites is 1. The monoisotopic (exact) mass is 548 g/mol. The quantitative estimate of drug-likeness (QED) is 0.269. The summed E-state index contributed by atoms with van der Waals surface area (Å²) in [6.45, 7) is 2.12. The summed E-state index contributed by atoms with van der Waals surface area (Å²) in [7, 11) is 0. The molecule has 2 N–H and O–H groups in total. The van der Waals surface area contributed by atoms with Gasteiger partial charge in [-0.15, -0.1) is 11.8 Å². The molecule has 3 aromatic carbocycles. The van der Waals surface area contributed by atoms with Gasteiger partial charge in [-0.2, -0.15) is 0 Å². The summed E-state index contributed by atoms with van der Waals surface area (Å²) in [5.74, 6) is 0. The molecule has 1 aliphatic rings. The van der Waals surface area contributed by atoms with Crippen LogP contribution in [0, 0.1) is 10.5 Å². The van der Waals surface area contributed by atoms with E-state index in [2.05, 4.69) is 94.0 Å². The van der Waals surface area contributed by atoms with Crippen molar-refractivity contribution >= 4 is 67.4 Å². The van der Waals surface area contributed by atoms with Crippen molar-refractivity contribution in [1.82, 2.24) is 0 Å². The van der Waals surface area contributed by atoms with Gasteiger partial charge < -0.3 is 5.73 Å². The van der Waals surface area contributed by atoms with E-state index in [1.807, 2.05) is 23.9 Å². The Morgan fingerprint density at radius 1 is 1.11 bits per heavy atom. The van der Waals surface area contributed by atoms with Crippen LogP contribution in [0.2, 0.25) is 0 Å². The van der Waals surface area contributed by atoms with Crippen molar-refractivity contribution in [3.05, 3.63) is 85.4 Å². The van der Waals surface area contributed by atoms with Crippen molar-refractivity contribution in [2.75, 3.05) is 5.73 Å². The zero-order chi connectivity index (χ0) is 19.0. The number of halogens is 2. The molecular weight excluding hydrogens is 531 g/mol. The second-order valence-electron chi connectivity index (χ2n) is 6.60. The molecule has 136 valence electrons. The highest BCUT2D eigenvalue weighted by molar-refractivity contribution is 14.1. The molecule has 1 atom stereocenters. The molecule has 0 saturated carbocycles. The number of aryl methyl sites for hydroxylation is 1. The minimum Gasteiger partial charge on any atom is -0.397 e. The van der Waals surface area contributed by atoms with Crippen LogP contribution >= 0.6 is 50.3 Å². The number of anilines is 1. The fourth-order valence-electron chi connectivity index (χ4n) is 3.17. The summed E-state index contributed by atoms with van der Waals surface area (Å²) in [4.78, 5) is 6.25. The van der Waals surface area contributed by atoms with Crippen molar-refractivity contribution in [2.45, 2.75) is 23.5 Å². The molecule has 0 aromatic heterocycles. The third-order valence-electron chi connectivity index (χ3n) is 4.62. The topological polar surface area (TPSA) is 38.4 Å². The van der Waals surface area contributed by atoms with Gasteiger partial charge in [0.1, 0.15) is 0 Å². The van der Waals surface area contributed by atoms with E-state index in [4.69, 9.17) is 10.7 Å². The van der Waals surface area contributed by atoms with Gasteiger partial charge in [-0.1, -0.05) is 57.9 Å². The third-order valence-corrected chi connectivity index (χ3v) is 7.30.